The fraction of sp³-hybridized carbons (Fsp3) is 0. The van der Waals surface area contributed by atoms with Crippen molar-refractivity contribution in [1.82, 2.24) is 5.53 Å². The van der Waals surface area contributed by atoms with E-state index in [9.17, 15) is 15.0 Å². The predicted octanol–water partition coefficient (Wildman–Crippen LogP) is 3.54. The third-order valence-corrected chi connectivity index (χ3v) is 4.39. The molecule has 0 aliphatic carbocycles. The molecule has 3 aromatic carbocycles. The van der Waals surface area contributed by atoms with Gasteiger partial charge in [-0.3, -0.25) is 10.0 Å². The van der Waals surface area contributed by atoms with Crippen molar-refractivity contribution < 1.29 is 20.1 Å². The molecule has 0 saturated carbocycles. The second kappa shape index (κ2) is 6.98. The summed E-state index contributed by atoms with van der Waals surface area (Å²) in [6, 6.07) is 20.1. The number of rotatable bonds is 4. The van der Waals surface area contributed by atoms with Crippen molar-refractivity contribution in [1.29, 1.82) is 0 Å². The summed E-state index contributed by atoms with van der Waals surface area (Å²) in [6.45, 7) is 0. The van der Waals surface area contributed by atoms with E-state index >= 15 is 0 Å². The highest BCUT2D eigenvalue weighted by Gasteiger charge is 2.27. The Morgan fingerprint density at radius 2 is 1.46 bits per heavy atom. The smallest absolute Gasteiger partial charge is 0.335 e. The third-order valence-electron chi connectivity index (χ3n) is 4.39. The molecule has 1 heterocycles. The summed E-state index contributed by atoms with van der Waals surface area (Å²) in [5, 5.41) is 33.0. The summed E-state index contributed by atoms with van der Waals surface area (Å²) >= 11 is 0. The van der Waals surface area contributed by atoms with Crippen LogP contribution in [0.2, 0.25) is 0 Å². The molecule has 0 radical (unpaired) electrons. The molecule has 0 unspecified atom stereocenters. The minimum absolute atomic E-state index is 0.0889. The van der Waals surface area contributed by atoms with E-state index in [-0.39, 0.29) is 17.1 Å². The number of aromatic hydroxyl groups is 2. The summed E-state index contributed by atoms with van der Waals surface area (Å²) in [6.07, 6.45) is 1.75. The van der Waals surface area contributed by atoms with Crippen LogP contribution >= 0.6 is 0 Å². The number of nitrogens with one attached hydrogen (secondary N) is 1. The Balaban J connectivity index is 1.78. The highest BCUT2D eigenvalue weighted by atomic mass is 16.4. The van der Waals surface area contributed by atoms with Crippen molar-refractivity contribution in [3.8, 4) is 11.5 Å². The zero-order valence-corrected chi connectivity index (χ0v) is 14.6. The lowest BCUT2D eigenvalue weighted by molar-refractivity contribution is 0.0697. The average molecular weight is 375 g/mol. The Labute approximate surface area is 160 Å². The Hall–Kier alpha value is -3.97. The van der Waals surface area contributed by atoms with Crippen LogP contribution in [-0.2, 0) is 0 Å². The number of hydrogen-bond donors (Lipinski definition) is 4. The topological polar surface area (TPSA) is 96.3 Å². The number of carboxylic acid groups (broad SMARTS) is 1. The monoisotopic (exact) mass is 375 g/mol. The Morgan fingerprint density at radius 1 is 0.821 bits per heavy atom. The van der Waals surface area contributed by atoms with Crippen molar-refractivity contribution >= 4 is 23.0 Å². The summed E-state index contributed by atoms with van der Waals surface area (Å²) in [5.41, 5.74) is 5.72. The molecule has 4 rings (SSSR count). The van der Waals surface area contributed by atoms with Crippen molar-refractivity contribution in [2.75, 3.05) is 10.0 Å². The van der Waals surface area contributed by atoms with Crippen LogP contribution in [0.3, 0.4) is 0 Å². The van der Waals surface area contributed by atoms with E-state index in [2.05, 4.69) is 5.53 Å². The van der Waals surface area contributed by atoms with Gasteiger partial charge in [0.25, 0.3) is 0 Å². The van der Waals surface area contributed by atoms with Gasteiger partial charge in [-0.1, -0.05) is 24.3 Å². The van der Waals surface area contributed by atoms with Gasteiger partial charge in [-0.2, -0.15) is 0 Å². The maximum Gasteiger partial charge on any atom is 0.335 e. The van der Waals surface area contributed by atoms with Gasteiger partial charge in [0.2, 0.25) is 0 Å². The van der Waals surface area contributed by atoms with Gasteiger partial charge in [0.1, 0.15) is 17.2 Å². The zero-order chi connectivity index (χ0) is 19.7. The van der Waals surface area contributed by atoms with Crippen LogP contribution in [0, 0.1) is 0 Å². The van der Waals surface area contributed by atoms with E-state index in [4.69, 9.17) is 5.11 Å². The van der Waals surface area contributed by atoms with Crippen LogP contribution in [0.25, 0.3) is 5.70 Å². The molecule has 0 fully saturated rings. The Morgan fingerprint density at radius 3 is 2.11 bits per heavy atom. The van der Waals surface area contributed by atoms with Crippen molar-refractivity contribution in [3.63, 3.8) is 0 Å². The van der Waals surface area contributed by atoms with E-state index in [1.807, 2.05) is 6.07 Å². The molecule has 0 bridgehead atoms. The lowest BCUT2D eigenvalue weighted by atomic mass is 10.1. The maximum absolute atomic E-state index is 11.1. The molecule has 7 heteroatoms. The van der Waals surface area contributed by atoms with Crippen LogP contribution < -0.4 is 15.6 Å². The van der Waals surface area contributed by atoms with Gasteiger partial charge in [-0.05, 0) is 48.5 Å². The summed E-state index contributed by atoms with van der Waals surface area (Å²) in [7, 11) is 0. The van der Waals surface area contributed by atoms with Gasteiger partial charge in [0, 0.05) is 11.8 Å². The van der Waals surface area contributed by atoms with Gasteiger partial charge in [-0.15, -0.1) is 5.53 Å². The number of phenolic OH excluding ortho intramolecular Hbond substituents is 2. The lowest BCUT2D eigenvalue weighted by Crippen LogP contribution is -2.40. The molecule has 0 atom stereocenters. The number of benzene rings is 3. The average Bonchev–Trinajstić information content (AvgIpc) is 3.13. The Bertz CT molecular complexity index is 1060. The number of anilines is 2. The fourth-order valence-corrected chi connectivity index (χ4v) is 2.99. The number of phenols is 2. The molecule has 140 valence electrons. The number of carboxylic acids is 1. The van der Waals surface area contributed by atoms with Crippen molar-refractivity contribution in [2.45, 2.75) is 0 Å². The second-order valence-electron chi connectivity index (χ2n) is 6.18. The van der Waals surface area contributed by atoms with Crippen LogP contribution in [0.4, 0.5) is 11.4 Å². The number of hydrazine groups is 2. The van der Waals surface area contributed by atoms with Crippen LogP contribution in [-0.4, -0.2) is 21.3 Å². The molecule has 0 amide bonds. The normalized spacial score (nSPS) is 13.5. The molecule has 7 nitrogen and oxygen atoms in total. The van der Waals surface area contributed by atoms with E-state index in [0.29, 0.717) is 22.6 Å². The third kappa shape index (κ3) is 3.10. The number of carbonyl (C=O) groups is 1. The first-order valence-electron chi connectivity index (χ1n) is 8.52. The van der Waals surface area contributed by atoms with E-state index in [0.717, 1.165) is 0 Å². The lowest BCUT2D eigenvalue weighted by Gasteiger charge is -2.25. The van der Waals surface area contributed by atoms with Crippen molar-refractivity contribution in [3.05, 3.63) is 90.1 Å². The molecule has 0 spiro atoms. The first-order chi connectivity index (χ1) is 13.5. The first-order valence-corrected chi connectivity index (χ1v) is 8.52. The van der Waals surface area contributed by atoms with Crippen LogP contribution in [0.1, 0.15) is 15.9 Å². The molecule has 4 N–H and O–H groups in total. The summed E-state index contributed by atoms with van der Waals surface area (Å²) in [4.78, 5) is 11.1. The SMILES string of the molecule is O=C(O)c1ccc(N2NN(c3ccccc3O)C=C2c2ccccc2O)cc1. The van der Waals surface area contributed by atoms with Crippen molar-refractivity contribution in [2.24, 2.45) is 0 Å². The number of para-hydroxylation sites is 3. The first kappa shape index (κ1) is 17.4. The molecule has 0 aromatic heterocycles. The van der Waals surface area contributed by atoms with E-state index < -0.39 is 5.97 Å². The molecular formula is C21H17N3O4. The largest absolute Gasteiger partial charge is 0.507 e. The van der Waals surface area contributed by atoms with Gasteiger partial charge in [0.15, 0.2) is 0 Å². The maximum atomic E-state index is 11.1. The highest BCUT2D eigenvalue weighted by molar-refractivity contribution is 5.90. The number of aromatic carboxylic acids is 1. The number of hydrogen-bond acceptors (Lipinski definition) is 6. The Kier molecular flexibility index (Phi) is 4.35. The van der Waals surface area contributed by atoms with Gasteiger partial charge < -0.3 is 15.3 Å². The summed E-state index contributed by atoms with van der Waals surface area (Å²) < 4.78 is 0. The van der Waals surface area contributed by atoms with Crippen LogP contribution in [0.15, 0.2) is 79.0 Å². The standard InChI is InChI=1S/C21H17N3O4/c25-19-7-3-1-5-16(19)18-13-23(17-6-2-4-8-20(17)26)22-24(18)15-11-9-14(10-12-15)21(27)28/h1-13,22,25-26H,(H,27,28). The zero-order valence-electron chi connectivity index (χ0n) is 14.6. The van der Waals surface area contributed by atoms with Gasteiger partial charge >= 0.3 is 5.97 Å². The molecule has 1 aliphatic rings. The predicted molar refractivity (Wildman–Crippen MR) is 106 cm³/mol. The fourth-order valence-electron chi connectivity index (χ4n) is 2.99. The minimum Gasteiger partial charge on any atom is -0.507 e. The van der Waals surface area contributed by atoms with Gasteiger partial charge in [0.05, 0.1) is 16.9 Å². The highest BCUT2D eigenvalue weighted by Crippen LogP contribution is 2.36. The molecule has 0 saturated heterocycles. The minimum atomic E-state index is -1.01. The molecule has 1 aliphatic heterocycles. The molecule has 28 heavy (non-hydrogen) atoms. The van der Waals surface area contributed by atoms with E-state index in [1.165, 1.54) is 12.1 Å². The molecular weight excluding hydrogens is 358 g/mol. The van der Waals surface area contributed by atoms with Gasteiger partial charge in [-0.25, -0.2) is 4.79 Å². The molecule has 3 aromatic rings. The number of nitrogens with zero attached hydrogens (tertiary/aromatic N) is 2. The van der Waals surface area contributed by atoms with Crippen LogP contribution in [0.5, 0.6) is 11.5 Å². The van der Waals surface area contributed by atoms with E-state index in [1.54, 1.807) is 70.8 Å². The second-order valence-corrected chi connectivity index (χ2v) is 6.18. The quantitative estimate of drug-likeness (QED) is 0.554. The summed E-state index contributed by atoms with van der Waals surface area (Å²) in [5.74, 6) is -0.818.